The summed E-state index contributed by atoms with van der Waals surface area (Å²) in [5, 5.41) is 28.9. The fourth-order valence-electron chi connectivity index (χ4n) is 1.50. The molecule has 0 aliphatic carbocycles. The van der Waals surface area contributed by atoms with Crippen LogP contribution < -0.4 is 0 Å². The summed E-state index contributed by atoms with van der Waals surface area (Å²) in [7, 11) is 0. The molecule has 0 aromatic heterocycles. The van der Waals surface area contributed by atoms with E-state index in [9.17, 15) is 29.7 Å². The number of ketones is 1. The second-order valence-corrected chi connectivity index (χ2v) is 4.00. The molecule has 0 heterocycles. The number of benzene rings is 1. The maximum Gasteiger partial charge on any atom is 0.172 e. The van der Waals surface area contributed by atoms with Gasteiger partial charge < -0.3 is 15.3 Å². The molecular formula is C12H12O6. The predicted octanol–water partition coefficient (Wildman–Crippen LogP) is 1.27. The van der Waals surface area contributed by atoms with Gasteiger partial charge in [-0.15, -0.1) is 0 Å². The summed E-state index contributed by atoms with van der Waals surface area (Å²) in [5.41, 5.74) is -1.73. The summed E-state index contributed by atoms with van der Waals surface area (Å²) in [4.78, 5) is 33.3. The Morgan fingerprint density at radius 1 is 0.944 bits per heavy atom. The summed E-state index contributed by atoms with van der Waals surface area (Å²) in [6, 6.07) is 0. The number of rotatable bonds is 4. The highest BCUT2D eigenvalue weighted by molar-refractivity contribution is 6.08. The smallest absolute Gasteiger partial charge is 0.172 e. The Bertz CT molecular complexity index is 495. The molecule has 0 amide bonds. The minimum Gasteiger partial charge on any atom is -0.506 e. The van der Waals surface area contributed by atoms with Gasteiger partial charge in [-0.05, 0) is 0 Å². The molecule has 0 spiro atoms. The molecule has 96 valence electrons. The van der Waals surface area contributed by atoms with E-state index < -0.39 is 45.6 Å². The van der Waals surface area contributed by atoms with Crippen LogP contribution in [0.2, 0.25) is 0 Å². The Morgan fingerprint density at radius 2 is 1.33 bits per heavy atom. The molecular weight excluding hydrogens is 240 g/mol. The maximum atomic E-state index is 11.8. The van der Waals surface area contributed by atoms with Gasteiger partial charge in [-0.1, -0.05) is 13.8 Å². The molecule has 0 unspecified atom stereocenters. The molecule has 0 fully saturated rings. The SMILES string of the molecule is CC(C)C(=O)c1c(O)c(C=O)c(O)c(C=O)c1O. The van der Waals surface area contributed by atoms with Crippen LogP contribution >= 0.6 is 0 Å². The first-order valence-electron chi connectivity index (χ1n) is 5.12. The molecule has 0 aliphatic heterocycles. The molecule has 0 aliphatic rings. The summed E-state index contributed by atoms with van der Waals surface area (Å²) >= 11 is 0. The quantitative estimate of drug-likeness (QED) is 0.549. The summed E-state index contributed by atoms with van der Waals surface area (Å²) < 4.78 is 0. The Kier molecular flexibility index (Phi) is 3.70. The summed E-state index contributed by atoms with van der Waals surface area (Å²) in [6.07, 6.45) is 0.211. The molecule has 0 atom stereocenters. The van der Waals surface area contributed by atoms with Crippen molar-refractivity contribution in [1.29, 1.82) is 0 Å². The molecule has 1 aromatic carbocycles. The van der Waals surface area contributed by atoms with Crippen molar-refractivity contribution >= 4 is 18.4 Å². The molecule has 0 bridgehead atoms. The number of Topliss-reactive ketones (excluding diaryl/α,β-unsaturated/α-hetero) is 1. The molecule has 6 heteroatoms. The average molecular weight is 252 g/mol. The van der Waals surface area contributed by atoms with Crippen LogP contribution in [0.1, 0.15) is 44.9 Å². The van der Waals surface area contributed by atoms with Crippen molar-refractivity contribution in [2.45, 2.75) is 13.8 Å². The lowest BCUT2D eigenvalue weighted by molar-refractivity contribution is 0.0933. The second-order valence-electron chi connectivity index (χ2n) is 4.00. The molecule has 0 saturated heterocycles. The van der Waals surface area contributed by atoms with Crippen LogP contribution in [0.3, 0.4) is 0 Å². The van der Waals surface area contributed by atoms with Gasteiger partial charge in [0.2, 0.25) is 0 Å². The zero-order valence-electron chi connectivity index (χ0n) is 9.80. The Labute approximate surface area is 102 Å². The Morgan fingerprint density at radius 3 is 1.61 bits per heavy atom. The first kappa shape index (κ1) is 13.7. The topological polar surface area (TPSA) is 112 Å². The Hall–Kier alpha value is -2.37. The van der Waals surface area contributed by atoms with E-state index in [0.717, 1.165) is 0 Å². The second kappa shape index (κ2) is 4.87. The number of aromatic hydroxyl groups is 3. The van der Waals surface area contributed by atoms with Gasteiger partial charge in [0.25, 0.3) is 0 Å². The predicted molar refractivity (Wildman–Crippen MR) is 61.4 cm³/mol. The van der Waals surface area contributed by atoms with Crippen LogP contribution in [0.25, 0.3) is 0 Å². The van der Waals surface area contributed by atoms with E-state index in [1.807, 2.05) is 0 Å². The molecule has 1 rings (SSSR count). The summed E-state index contributed by atoms with van der Waals surface area (Å²) in [5.74, 6) is -3.72. The van der Waals surface area contributed by atoms with Crippen LogP contribution in [-0.2, 0) is 0 Å². The van der Waals surface area contributed by atoms with Gasteiger partial charge in [0.05, 0.1) is 11.1 Å². The van der Waals surface area contributed by atoms with E-state index in [-0.39, 0.29) is 12.6 Å². The zero-order chi connectivity index (χ0) is 14.0. The maximum absolute atomic E-state index is 11.8. The van der Waals surface area contributed by atoms with Crippen LogP contribution in [0.4, 0.5) is 0 Å². The first-order valence-corrected chi connectivity index (χ1v) is 5.12. The van der Waals surface area contributed by atoms with Gasteiger partial charge in [0.15, 0.2) is 18.4 Å². The molecule has 6 nitrogen and oxygen atoms in total. The number of carbonyl (C=O) groups is 3. The van der Waals surface area contributed by atoms with Crippen molar-refractivity contribution in [3.8, 4) is 17.2 Å². The first-order chi connectivity index (χ1) is 8.36. The molecule has 0 radical (unpaired) electrons. The van der Waals surface area contributed by atoms with Crippen LogP contribution in [-0.4, -0.2) is 33.7 Å². The lowest BCUT2D eigenvalue weighted by atomic mass is 9.94. The minimum absolute atomic E-state index is 0.105. The van der Waals surface area contributed by atoms with E-state index in [1.165, 1.54) is 13.8 Å². The van der Waals surface area contributed by atoms with E-state index in [2.05, 4.69) is 0 Å². The van der Waals surface area contributed by atoms with Gasteiger partial charge >= 0.3 is 0 Å². The average Bonchev–Trinajstić information content (AvgIpc) is 2.29. The molecule has 18 heavy (non-hydrogen) atoms. The van der Waals surface area contributed by atoms with Gasteiger partial charge in [0.1, 0.15) is 22.8 Å². The Balaban J connectivity index is 3.76. The lowest BCUT2D eigenvalue weighted by Gasteiger charge is -2.13. The number of phenols is 3. The molecule has 1 aromatic rings. The van der Waals surface area contributed by atoms with Crippen LogP contribution in [0.5, 0.6) is 17.2 Å². The monoisotopic (exact) mass is 252 g/mol. The summed E-state index contributed by atoms with van der Waals surface area (Å²) in [6.45, 7) is 3.05. The van der Waals surface area contributed by atoms with Crippen molar-refractivity contribution in [3.63, 3.8) is 0 Å². The van der Waals surface area contributed by atoms with Gasteiger partial charge in [-0.25, -0.2) is 0 Å². The number of carbonyl (C=O) groups excluding carboxylic acids is 3. The largest absolute Gasteiger partial charge is 0.506 e. The number of aldehydes is 2. The lowest BCUT2D eigenvalue weighted by Crippen LogP contribution is -2.10. The standard InChI is InChI=1S/C12H12O6/c1-5(2)9(15)8-11(17)6(3-13)10(16)7(4-14)12(8)18/h3-5,16-18H,1-2H3. The highest BCUT2D eigenvalue weighted by Crippen LogP contribution is 2.41. The van der Waals surface area contributed by atoms with Crippen molar-refractivity contribution in [1.82, 2.24) is 0 Å². The van der Waals surface area contributed by atoms with Crippen molar-refractivity contribution in [2.24, 2.45) is 5.92 Å². The number of hydrogen-bond acceptors (Lipinski definition) is 6. The van der Waals surface area contributed by atoms with Crippen LogP contribution in [0, 0.1) is 5.92 Å². The molecule has 0 saturated carbocycles. The van der Waals surface area contributed by atoms with Crippen molar-refractivity contribution in [3.05, 3.63) is 16.7 Å². The number of hydrogen-bond donors (Lipinski definition) is 3. The van der Waals surface area contributed by atoms with E-state index >= 15 is 0 Å². The van der Waals surface area contributed by atoms with Gasteiger partial charge in [-0.3, -0.25) is 14.4 Å². The van der Waals surface area contributed by atoms with Crippen molar-refractivity contribution in [2.75, 3.05) is 0 Å². The minimum atomic E-state index is -0.852. The van der Waals surface area contributed by atoms with Crippen molar-refractivity contribution < 1.29 is 29.7 Å². The van der Waals surface area contributed by atoms with E-state index in [1.54, 1.807) is 0 Å². The number of phenolic OH excluding ortho intramolecular Hbond substituents is 3. The fourth-order valence-corrected chi connectivity index (χ4v) is 1.50. The third kappa shape index (κ3) is 1.92. The zero-order valence-corrected chi connectivity index (χ0v) is 9.80. The van der Waals surface area contributed by atoms with Gasteiger partial charge in [-0.2, -0.15) is 0 Å². The van der Waals surface area contributed by atoms with E-state index in [4.69, 9.17) is 0 Å². The third-order valence-electron chi connectivity index (χ3n) is 2.50. The molecule has 3 N–H and O–H groups in total. The highest BCUT2D eigenvalue weighted by Gasteiger charge is 2.28. The van der Waals surface area contributed by atoms with Crippen LogP contribution in [0.15, 0.2) is 0 Å². The third-order valence-corrected chi connectivity index (χ3v) is 2.50. The van der Waals surface area contributed by atoms with E-state index in [0.29, 0.717) is 0 Å². The normalized spacial score (nSPS) is 10.4. The highest BCUT2D eigenvalue weighted by atomic mass is 16.3. The fraction of sp³-hybridized carbons (Fsp3) is 0.250. The van der Waals surface area contributed by atoms with Gasteiger partial charge in [0, 0.05) is 5.92 Å².